The Kier molecular flexibility index (Phi) is 9.33. The van der Waals surface area contributed by atoms with Gasteiger partial charge < -0.3 is 5.32 Å². The maximum Gasteiger partial charge on any atom is 0.232 e. The molecule has 29 heavy (non-hydrogen) atoms. The van der Waals surface area contributed by atoms with Gasteiger partial charge in [-0.15, -0.1) is 0 Å². The van der Waals surface area contributed by atoms with E-state index in [0.29, 0.717) is 18.7 Å². The van der Waals surface area contributed by atoms with Crippen molar-refractivity contribution >= 4 is 45.0 Å². The normalized spacial score (nSPS) is 11.3. The molecule has 0 aromatic heterocycles. The van der Waals surface area contributed by atoms with Crippen molar-refractivity contribution in [2.45, 2.75) is 25.5 Å². The molecule has 5 nitrogen and oxygen atoms in total. The van der Waals surface area contributed by atoms with Gasteiger partial charge in [0, 0.05) is 36.0 Å². The molecule has 0 saturated heterocycles. The number of benzene rings is 2. The molecule has 0 atom stereocenters. The van der Waals surface area contributed by atoms with Crippen molar-refractivity contribution in [3.63, 3.8) is 0 Å². The average molecular weight is 455 g/mol. The Morgan fingerprint density at radius 1 is 1.17 bits per heavy atom. The largest absolute Gasteiger partial charge is 0.355 e. The van der Waals surface area contributed by atoms with Crippen LogP contribution in [0.2, 0.25) is 5.02 Å². The molecule has 0 aliphatic carbocycles. The fourth-order valence-electron chi connectivity index (χ4n) is 2.86. The molecule has 0 saturated carbocycles. The molecule has 2 aromatic rings. The number of amides is 1. The van der Waals surface area contributed by atoms with E-state index in [1.54, 1.807) is 17.8 Å². The number of hydrogen-bond acceptors (Lipinski definition) is 4. The topological polar surface area (TPSA) is 66.5 Å². The van der Waals surface area contributed by atoms with E-state index >= 15 is 0 Å². The van der Waals surface area contributed by atoms with Crippen LogP contribution in [0.5, 0.6) is 0 Å². The predicted molar refractivity (Wildman–Crippen MR) is 123 cm³/mol. The zero-order valence-electron chi connectivity index (χ0n) is 16.7. The fourth-order valence-corrected chi connectivity index (χ4v) is 4.90. The van der Waals surface area contributed by atoms with Gasteiger partial charge in [-0.3, -0.25) is 9.10 Å². The molecule has 0 bridgehead atoms. The van der Waals surface area contributed by atoms with Crippen molar-refractivity contribution in [3.05, 3.63) is 64.7 Å². The van der Waals surface area contributed by atoms with Crippen molar-refractivity contribution in [1.29, 1.82) is 0 Å². The molecule has 0 spiro atoms. The number of carbonyl (C=O) groups is 1. The van der Waals surface area contributed by atoms with Gasteiger partial charge in [0.15, 0.2) is 0 Å². The van der Waals surface area contributed by atoms with E-state index in [-0.39, 0.29) is 18.9 Å². The first kappa shape index (κ1) is 23.6. The Bertz CT molecular complexity index is 920. The Morgan fingerprint density at radius 3 is 2.62 bits per heavy atom. The van der Waals surface area contributed by atoms with E-state index in [1.165, 1.54) is 10.6 Å². The van der Waals surface area contributed by atoms with Crippen molar-refractivity contribution in [1.82, 2.24) is 5.32 Å². The molecule has 2 aromatic carbocycles. The van der Waals surface area contributed by atoms with Gasteiger partial charge >= 0.3 is 0 Å². The third kappa shape index (κ3) is 8.28. The first-order valence-electron chi connectivity index (χ1n) is 9.39. The van der Waals surface area contributed by atoms with E-state index in [0.717, 1.165) is 27.7 Å². The van der Waals surface area contributed by atoms with Gasteiger partial charge in [-0.05, 0) is 42.7 Å². The highest BCUT2D eigenvalue weighted by Gasteiger charge is 2.18. The summed E-state index contributed by atoms with van der Waals surface area (Å²) in [5.41, 5.74) is 2.71. The monoisotopic (exact) mass is 454 g/mol. The summed E-state index contributed by atoms with van der Waals surface area (Å²) in [7, 11) is -3.40. The molecule has 0 fully saturated rings. The van der Waals surface area contributed by atoms with Crippen molar-refractivity contribution in [2.75, 3.05) is 29.4 Å². The smallest absolute Gasteiger partial charge is 0.232 e. The lowest BCUT2D eigenvalue weighted by Crippen LogP contribution is -2.33. The van der Waals surface area contributed by atoms with Crippen LogP contribution in [0.1, 0.15) is 24.0 Å². The number of carbonyl (C=O) groups excluding carboxylic acids is 1. The third-order valence-corrected chi connectivity index (χ3v) is 6.72. The highest BCUT2D eigenvalue weighted by atomic mass is 35.5. The van der Waals surface area contributed by atoms with Gasteiger partial charge in [0.05, 0.1) is 11.9 Å². The second-order valence-corrected chi connectivity index (χ2v) is 10.2. The lowest BCUT2D eigenvalue weighted by molar-refractivity contribution is -0.121. The maximum absolute atomic E-state index is 12.2. The van der Waals surface area contributed by atoms with Gasteiger partial charge in [0.1, 0.15) is 0 Å². The van der Waals surface area contributed by atoms with Gasteiger partial charge in [0.2, 0.25) is 15.9 Å². The van der Waals surface area contributed by atoms with Crippen LogP contribution in [-0.2, 0) is 20.6 Å². The Hall–Kier alpha value is -1.70. The minimum atomic E-state index is -3.40. The van der Waals surface area contributed by atoms with Crippen LogP contribution in [0, 0.1) is 6.92 Å². The second-order valence-electron chi connectivity index (χ2n) is 6.76. The molecular weight excluding hydrogens is 428 g/mol. The quantitative estimate of drug-likeness (QED) is 0.515. The zero-order chi connectivity index (χ0) is 21.3. The number of rotatable bonds is 11. The van der Waals surface area contributed by atoms with Gasteiger partial charge in [-0.2, -0.15) is 11.8 Å². The lowest BCUT2D eigenvalue weighted by Gasteiger charge is -2.24. The maximum atomic E-state index is 12.2. The molecule has 0 radical (unpaired) electrons. The standard InChI is InChI=1S/C21H27ClN2O3S2/c1-17-7-3-4-10-20(17)24(29(2,26)27)13-6-11-21(25)23-12-14-28-16-18-8-5-9-19(22)15-18/h3-5,7-10,15H,6,11-14,16H2,1-2H3,(H,23,25). The first-order chi connectivity index (χ1) is 13.8. The van der Waals surface area contributed by atoms with Gasteiger partial charge in [-0.25, -0.2) is 8.42 Å². The van der Waals surface area contributed by atoms with Crippen LogP contribution >= 0.6 is 23.4 Å². The summed E-state index contributed by atoms with van der Waals surface area (Å²) in [6.45, 7) is 2.74. The van der Waals surface area contributed by atoms with Crippen LogP contribution in [0.4, 0.5) is 5.69 Å². The zero-order valence-corrected chi connectivity index (χ0v) is 19.1. The summed E-state index contributed by atoms with van der Waals surface area (Å²) in [5.74, 6) is 1.58. The summed E-state index contributed by atoms with van der Waals surface area (Å²) in [4.78, 5) is 12.0. The van der Waals surface area contributed by atoms with Crippen LogP contribution < -0.4 is 9.62 Å². The van der Waals surface area contributed by atoms with Crippen molar-refractivity contribution in [2.24, 2.45) is 0 Å². The number of anilines is 1. The number of thioether (sulfide) groups is 1. The number of nitrogens with one attached hydrogen (secondary N) is 1. The summed E-state index contributed by atoms with van der Waals surface area (Å²) in [6.07, 6.45) is 1.94. The molecule has 0 unspecified atom stereocenters. The fraction of sp³-hybridized carbons (Fsp3) is 0.381. The summed E-state index contributed by atoms with van der Waals surface area (Å²) < 4.78 is 25.7. The predicted octanol–water partition coefficient (Wildman–Crippen LogP) is 4.24. The summed E-state index contributed by atoms with van der Waals surface area (Å²) in [6, 6.07) is 15.1. The van der Waals surface area contributed by atoms with E-state index in [1.807, 2.05) is 49.4 Å². The number of nitrogens with zero attached hydrogens (tertiary/aromatic N) is 1. The Balaban J connectivity index is 1.70. The number of para-hydroxylation sites is 1. The van der Waals surface area contributed by atoms with Gasteiger partial charge in [-0.1, -0.05) is 41.9 Å². The van der Waals surface area contributed by atoms with Crippen molar-refractivity contribution < 1.29 is 13.2 Å². The Morgan fingerprint density at radius 2 is 1.93 bits per heavy atom. The van der Waals surface area contributed by atoms with E-state index in [9.17, 15) is 13.2 Å². The number of hydrogen-bond donors (Lipinski definition) is 1. The molecule has 158 valence electrons. The average Bonchev–Trinajstić information content (AvgIpc) is 2.65. The minimum absolute atomic E-state index is 0.0633. The van der Waals surface area contributed by atoms with Crippen LogP contribution in [0.3, 0.4) is 0 Å². The summed E-state index contributed by atoms with van der Waals surface area (Å²) in [5, 5.41) is 3.62. The minimum Gasteiger partial charge on any atom is -0.355 e. The van der Waals surface area contributed by atoms with Crippen LogP contribution in [0.25, 0.3) is 0 Å². The number of aryl methyl sites for hydroxylation is 1. The van der Waals surface area contributed by atoms with Gasteiger partial charge in [0.25, 0.3) is 0 Å². The van der Waals surface area contributed by atoms with Crippen LogP contribution in [0.15, 0.2) is 48.5 Å². The first-order valence-corrected chi connectivity index (χ1v) is 12.8. The van der Waals surface area contributed by atoms with E-state index in [4.69, 9.17) is 11.6 Å². The molecule has 2 rings (SSSR count). The number of halogens is 1. The molecule has 1 amide bonds. The highest BCUT2D eigenvalue weighted by Crippen LogP contribution is 2.22. The van der Waals surface area contributed by atoms with E-state index < -0.39 is 10.0 Å². The lowest BCUT2D eigenvalue weighted by atomic mass is 10.2. The molecular formula is C21H27ClN2O3S2. The van der Waals surface area contributed by atoms with E-state index in [2.05, 4.69) is 5.32 Å². The Labute approximate surface area is 182 Å². The van der Waals surface area contributed by atoms with Crippen LogP contribution in [-0.4, -0.2) is 39.4 Å². The molecule has 0 aliphatic rings. The molecule has 0 aliphatic heterocycles. The SMILES string of the molecule is Cc1ccccc1N(CCCC(=O)NCCSCc1cccc(Cl)c1)S(C)(=O)=O. The highest BCUT2D eigenvalue weighted by molar-refractivity contribution is 7.98. The third-order valence-electron chi connectivity index (χ3n) is 4.28. The van der Waals surface area contributed by atoms with Crippen molar-refractivity contribution in [3.8, 4) is 0 Å². The molecule has 1 N–H and O–H groups in total. The number of sulfonamides is 1. The second kappa shape index (κ2) is 11.5. The summed E-state index contributed by atoms with van der Waals surface area (Å²) >= 11 is 7.69. The molecule has 0 heterocycles. The molecule has 8 heteroatoms.